The molecule has 1 heterocycles. The molecule has 0 aromatic heterocycles. The molecule has 0 atom stereocenters. The van der Waals surface area contributed by atoms with Gasteiger partial charge in [-0.1, -0.05) is 12.1 Å². The van der Waals surface area contributed by atoms with Gasteiger partial charge in [-0.05, 0) is 95.2 Å². The van der Waals surface area contributed by atoms with Crippen molar-refractivity contribution in [1.82, 2.24) is 10.6 Å². The molecule has 1 aliphatic heterocycles. The molecule has 3 aliphatic carbocycles. The van der Waals surface area contributed by atoms with Crippen molar-refractivity contribution >= 4 is 12.0 Å². The lowest BCUT2D eigenvalue weighted by molar-refractivity contribution is -0.139. The molecule has 1 saturated heterocycles. The number of amides is 2. The maximum Gasteiger partial charge on any atom is 0.407 e. The fourth-order valence-electron chi connectivity index (χ4n) is 5.84. The number of ether oxygens (including phenoxy) is 3. The van der Waals surface area contributed by atoms with Crippen molar-refractivity contribution in [1.29, 1.82) is 0 Å². The van der Waals surface area contributed by atoms with E-state index >= 15 is 0 Å². The lowest BCUT2D eigenvalue weighted by Gasteiger charge is -2.53. The van der Waals surface area contributed by atoms with Gasteiger partial charge in [-0.3, -0.25) is 4.79 Å². The van der Waals surface area contributed by atoms with Gasteiger partial charge >= 0.3 is 6.09 Å². The summed E-state index contributed by atoms with van der Waals surface area (Å²) >= 11 is 0. The summed E-state index contributed by atoms with van der Waals surface area (Å²) in [5, 5.41) is 5.87. The van der Waals surface area contributed by atoms with Crippen LogP contribution in [0, 0.1) is 5.41 Å². The van der Waals surface area contributed by atoms with Crippen molar-refractivity contribution in [3.63, 3.8) is 0 Å². The smallest absolute Gasteiger partial charge is 0.407 e. The van der Waals surface area contributed by atoms with Crippen LogP contribution in [0.2, 0.25) is 0 Å². The Morgan fingerprint density at radius 3 is 2.24 bits per heavy atom. The lowest BCUT2D eigenvalue weighted by atomic mass is 9.51. The topological polar surface area (TPSA) is 85.9 Å². The lowest BCUT2D eigenvalue weighted by Crippen LogP contribution is -2.54. The first-order valence-electron chi connectivity index (χ1n) is 13.5. The minimum Gasteiger partial charge on any atom is -0.489 e. The van der Waals surface area contributed by atoms with E-state index in [-0.39, 0.29) is 35.9 Å². The monoisotopic (exact) mass is 516 g/mol. The van der Waals surface area contributed by atoms with Crippen LogP contribution in [-0.4, -0.2) is 50.0 Å². The molecule has 1 aromatic rings. The second kappa shape index (κ2) is 11.4. The zero-order valence-corrected chi connectivity index (χ0v) is 22.4. The van der Waals surface area contributed by atoms with Crippen molar-refractivity contribution in [2.24, 2.45) is 5.41 Å². The number of halogens is 1. The normalized spacial score (nSPS) is 26.4. The predicted octanol–water partition coefficient (Wildman–Crippen LogP) is 5.33. The Balaban J connectivity index is 1.27. The van der Waals surface area contributed by atoms with E-state index in [9.17, 15) is 14.0 Å². The van der Waals surface area contributed by atoms with Crippen molar-refractivity contribution in [2.45, 2.75) is 89.2 Å². The van der Waals surface area contributed by atoms with Gasteiger partial charge in [0.25, 0.3) is 0 Å². The first-order chi connectivity index (χ1) is 17.6. The summed E-state index contributed by atoms with van der Waals surface area (Å²) in [6.45, 7) is 6.81. The van der Waals surface area contributed by atoms with Gasteiger partial charge in [0.2, 0.25) is 5.91 Å². The Bertz CT molecular complexity index is 954. The van der Waals surface area contributed by atoms with E-state index in [2.05, 4.69) is 22.8 Å². The van der Waals surface area contributed by atoms with E-state index in [0.717, 1.165) is 64.6 Å². The van der Waals surface area contributed by atoms with Crippen LogP contribution in [0.25, 0.3) is 0 Å². The Kier molecular flexibility index (Phi) is 8.46. The molecule has 2 bridgehead atoms. The molecule has 2 amide bonds. The van der Waals surface area contributed by atoms with Gasteiger partial charge in [0.05, 0.1) is 6.33 Å². The van der Waals surface area contributed by atoms with Crippen LogP contribution in [0.3, 0.4) is 0 Å². The van der Waals surface area contributed by atoms with E-state index in [0.29, 0.717) is 17.7 Å². The molecule has 2 N–H and O–H groups in total. The number of carbonyl (C=O) groups excluding carboxylic acids is 2. The molecule has 5 rings (SSSR count). The Labute approximate surface area is 219 Å². The quantitative estimate of drug-likeness (QED) is 0.488. The fraction of sp³-hybridized carbons (Fsp3) is 0.655. The molecule has 7 nitrogen and oxygen atoms in total. The standard InChI is InChI=1S/C29H41FN2O5/c1-27(2,3)37-26(34)31-19-21(18-30)20-36-24-6-4-22(5-7-24)28-10-13-29(14-11-28,15-12-28)25(33)32-23-8-16-35-17-9-23/h4-7,18,23H,8-17,19-20H2,1-3H3,(H,31,34)(H,32,33)/b21-18+. The number of carbonyl (C=O) groups is 2. The van der Waals surface area contributed by atoms with Gasteiger partial charge in [-0.25, -0.2) is 9.18 Å². The average molecular weight is 517 g/mol. The van der Waals surface area contributed by atoms with Crippen LogP contribution in [-0.2, 0) is 19.7 Å². The first-order valence-corrected chi connectivity index (χ1v) is 13.5. The van der Waals surface area contributed by atoms with Crippen molar-refractivity contribution in [3.8, 4) is 5.75 Å². The molecule has 204 valence electrons. The third-order valence-electron chi connectivity index (χ3n) is 8.19. The van der Waals surface area contributed by atoms with Crippen molar-refractivity contribution < 1.29 is 28.2 Å². The van der Waals surface area contributed by atoms with E-state index in [1.807, 2.05) is 12.1 Å². The van der Waals surface area contributed by atoms with Gasteiger partial charge in [0, 0.05) is 36.8 Å². The van der Waals surface area contributed by atoms with Crippen molar-refractivity contribution in [3.05, 3.63) is 41.7 Å². The third-order valence-corrected chi connectivity index (χ3v) is 8.19. The van der Waals surface area contributed by atoms with Crippen LogP contribution in [0.15, 0.2) is 36.2 Å². The Hall–Kier alpha value is -2.61. The highest BCUT2D eigenvalue weighted by Crippen LogP contribution is 2.58. The molecule has 4 fully saturated rings. The maximum atomic E-state index is 13.3. The molecule has 0 radical (unpaired) electrons. The number of nitrogens with one attached hydrogen (secondary N) is 2. The summed E-state index contributed by atoms with van der Waals surface area (Å²) in [5.74, 6) is 0.892. The molecule has 8 heteroatoms. The van der Waals surface area contributed by atoms with Gasteiger partial charge in [0.1, 0.15) is 18.0 Å². The summed E-state index contributed by atoms with van der Waals surface area (Å²) in [5.41, 5.74) is 0.873. The largest absolute Gasteiger partial charge is 0.489 e. The van der Waals surface area contributed by atoms with E-state index in [1.54, 1.807) is 20.8 Å². The van der Waals surface area contributed by atoms with Gasteiger partial charge < -0.3 is 24.8 Å². The minimum atomic E-state index is -0.614. The van der Waals surface area contributed by atoms with Crippen LogP contribution >= 0.6 is 0 Å². The first kappa shape index (κ1) is 27.4. The van der Waals surface area contributed by atoms with Gasteiger partial charge in [0.15, 0.2) is 0 Å². The fourth-order valence-corrected chi connectivity index (χ4v) is 5.84. The summed E-state index contributed by atoms with van der Waals surface area (Å²) in [7, 11) is 0. The van der Waals surface area contributed by atoms with Gasteiger partial charge in [-0.15, -0.1) is 0 Å². The molecule has 1 aromatic carbocycles. The van der Waals surface area contributed by atoms with Crippen LogP contribution < -0.4 is 15.4 Å². The zero-order chi connectivity index (χ0) is 26.5. The number of hydrogen-bond donors (Lipinski definition) is 2. The minimum absolute atomic E-state index is 0.0104. The molecule has 37 heavy (non-hydrogen) atoms. The molecular weight excluding hydrogens is 475 g/mol. The van der Waals surface area contributed by atoms with Crippen LogP contribution in [0.1, 0.15) is 77.7 Å². The van der Waals surface area contributed by atoms with E-state index in [1.165, 1.54) is 5.56 Å². The Morgan fingerprint density at radius 2 is 1.68 bits per heavy atom. The van der Waals surface area contributed by atoms with Crippen LogP contribution in [0.5, 0.6) is 5.75 Å². The molecule has 4 aliphatic rings. The highest BCUT2D eigenvalue weighted by atomic mass is 19.1. The molecule has 3 saturated carbocycles. The predicted molar refractivity (Wildman–Crippen MR) is 139 cm³/mol. The maximum absolute atomic E-state index is 13.3. The number of fused-ring (bicyclic) bond motifs is 3. The molecule has 0 spiro atoms. The summed E-state index contributed by atoms with van der Waals surface area (Å²) in [6.07, 6.45) is 7.49. The highest BCUT2D eigenvalue weighted by molar-refractivity contribution is 5.83. The van der Waals surface area contributed by atoms with E-state index < -0.39 is 11.7 Å². The van der Waals surface area contributed by atoms with Gasteiger partial charge in [-0.2, -0.15) is 0 Å². The Morgan fingerprint density at radius 1 is 1.05 bits per heavy atom. The van der Waals surface area contributed by atoms with E-state index in [4.69, 9.17) is 14.2 Å². The molecule has 0 unspecified atom stereocenters. The highest BCUT2D eigenvalue weighted by Gasteiger charge is 2.53. The SMILES string of the molecule is CC(C)(C)OC(=O)NC/C(=C\F)COc1ccc(C23CCC(C(=O)NC4CCOCC4)(CC2)CC3)cc1. The van der Waals surface area contributed by atoms with Crippen molar-refractivity contribution in [2.75, 3.05) is 26.4 Å². The summed E-state index contributed by atoms with van der Waals surface area (Å²) in [4.78, 5) is 25.0. The number of rotatable bonds is 8. The second-order valence-electron chi connectivity index (χ2n) is 11.9. The zero-order valence-electron chi connectivity index (χ0n) is 22.4. The van der Waals surface area contributed by atoms with Crippen LogP contribution in [0.4, 0.5) is 9.18 Å². The number of benzene rings is 1. The molecular formula is C29H41FN2O5. The second-order valence-corrected chi connectivity index (χ2v) is 11.9. The third kappa shape index (κ3) is 6.83. The number of alkyl carbamates (subject to hydrolysis) is 1. The number of hydrogen-bond acceptors (Lipinski definition) is 5. The average Bonchev–Trinajstić information content (AvgIpc) is 2.90. The summed E-state index contributed by atoms with van der Waals surface area (Å²) in [6, 6.07) is 8.31. The summed E-state index contributed by atoms with van der Waals surface area (Å²) < 4.78 is 29.7.